The molecule has 2 aromatic carbocycles. The molecule has 0 saturated carbocycles. The fourth-order valence-electron chi connectivity index (χ4n) is 2.32. The molecule has 0 heterocycles. The van der Waals surface area contributed by atoms with Crippen molar-refractivity contribution >= 4 is 15.9 Å². The van der Waals surface area contributed by atoms with Crippen LogP contribution in [0.4, 0.5) is 0 Å². The van der Waals surface area contributed by atoms with Gasteiger partial charge in [0.2, 0.25) is 9.84 Å². The maximum absolute atomic E-state index is 12.9. The van der Waals surface area contributed by atoms with Crippen LogP contribution >= 0.6 is 0 Å². The standard InChI is InChI=1S/C19H22O2S/c1-2-3-6-15-19(16-17-11-7-4-8-12-17)22(20,21)18-13-9-5-10-14-18/h4-5,7-14,16H,2-3,6,15H2,1H3/b19-16+. The van der Waals surface area contributed by atoms with E-state index in [9.17, 15) is 8.42 Å². The Balaban J connectivity index is 2.38. The quantitative estimate of drug-likeness (QED) is 0.668. The highest BCUT2D eigenvalue weighted by Gasteiger charge is 2.19. The highest BCUT2D eigenvalue weighted by molar-refractivity contribution is 7.95. The summed E-state index contributed by atoms with van der Waals surface area (Å²) in [7, 11) is -3.42. The van der Waals surface area contributed by atoms with Crippen LogP contribution in [0.25, 0.3) is 6.08 Å². The van der Waals surface area contributed by atoms with Gasteiger partial charge in [0.1, 0.15) is 0 Å². The van der Waals surface area contributed by atoms with E-state index in [1.165, 1.54) is 0 Å². The molecule has 0 aliphatic rings. The average Bonchev–Trinajstić information content (AvgIpc) is 2.56. The van der Waals surface area contributed by atoms with E-state index in [-0.39, 0.29) is 0 Å². The molecule has 0 bridgehead atoms. The predicted molar refractivity (Wildman–Crippen MR) is 92.2 cm³/mol. The Kier molecular flexibility index (Phi) is 5.96. The number of unbranched alkanes of at least 4 members (excludes halogenated alkanes) is 2. The first-order valence-corrected chi connectivity index (χ1v) is 9.18. The average molecular weight is 314 g/mol. The summed E-state index contributed by atoms with van der Waals surface area (Å²) in [6.45, 7) is 2.12. The zero-order valence-electron chi connectivity index (χ0n) is 12.9. The van der Waals surface area contributed by atoms with Crippen LogP contribution in [0.15, 0.2) is 70.5 Å². The molecule has 3 heteroatoms. The van der Waals surface area contributed by atoms with Crippen LogP contribution in [0, 0.1) is 0 Å². The highest BCUT2D eigenvalue weighted by Crippen LogP contribution is 2.25. The van der Waals surface area contributed by atoms with Crippen molar-refractivity contribution in [2.75, 3.05) is 0 Å². The molecule has 22 heavy (non-hydrogen) atoms. The molecular weight excluding hydrogens is 292 g/mol. The van der Waals surface area contributed by atoms with Crippen LogP contribution in [0.1, 0.15) is 38.2 Å². The molecule has 0 atom stereocenters. The largest absolute Gasteiger partial charge is 0.219 e. The van der Waals surface area contributed by atoms with Crippen LogP contribution in [-0.2, 0) is 9.84 Å². The van der Waals surface area contributed by atoms with E-state index in [0.29, 0.717) is 16.2 Å². The van der Waals surface area contributed by atoms with Crippen molar-refractivity contribution in [1.29, 1.82) is 0 Å². The van der Waals surface area contributed by atoms with Crippen molar-refractivity contribution < 1.29 is 8.42 Å². The number of hydrogen-bond donors (Lipinski definition) is 0. The Bertz CT molecular complexity index is 702. The zero-order valence-corrected chi connectivity index (χ0v) is 13.7. The van der Waals surface area contributed by atoms with Gasteiger partial charge >= 0.3 is 0 Å². The van der Waals surface area contributed by atoms with Gasteiger partial charge in [0.05, 0.1) is 4.90 Å². The van der Waals surface area contributed by atoms with Gasteiger partial charge in [-0.2, -0.15) is 0 Å². The van der Waals surface area contributed by atoms with E-state index < -0.39 is 9.84 Å². The summed E-state index contributed by atoms with van der Waals surface area (Å²) in [5.74, 6) is 0. The number of benzene rings is 2. The topological polar surface area (TPSA) is 34.1 Å². The molecule has 0 radical (unpaired) electrons. The maximum atomic E-state index is 12.9. The minimum atomic E-state index is -3.42. The lowest BCUT2D eigenvalue weighted by Crippen LogP contribution is -2.05. The second kappa shape index (κ2) is 7.95. The molecule has 0 saturated heterocycles. The summed E-state index contributed by atoms with van der Waals surface area (Å²) in [4.78, 5) is 0.868. The molecule has 2 rings (SSSR count). The number of rotatable bonds is 7. The first-order valence-electron chi connectivity index (χ1n) is 7.70. The van der Waals surface area contributed by atoms with Gasteiger partial charge in [0, 0.05) is 4.91 Å². The summed E-state index contributed by atoms with van der Waals surface area (Å²) in [6, 6.07) is 18.3. The first kappa shape index (κ1) is 16.5. The molecule has 0 spiro atoms. The summed E-state index contributed by atoms with van der Waals surface area (Å²) in [6.07, 6.45) is 5.39. The third-order valence-corrected chi connectivity index (χ3v) is 5.46. The molecule has 2 aromatic rings. The Labute approximate surface area is 133 Å². The fourth-order valence-corrected chi connectivity index (χ4v) is 3.84. The molecular formula is C19H22O2S. The SMILES string of the molecule is CCCCC/C(=C\c1ccccc1)S(=O)(=O)c1ccccc1. The fraction of sp³-hybridized carbons (Fsp3) is 0.263. The zero-order chi connectivity index (χ0) is 15.8. The van der Waals surface area contributed by atoms with Crippen LogP contribution in [0.3, 0.4) is 0 Å². The molecule has 0 aliphatic heterocycles. The summed E-state index contributed by atoms with van der Waals surface area (Å²) in [5.41, 5.74) is 0.925. The molecule has 0 N–H and O–H groups in total. The van der Waals surface area contributed by atoms with Crippen LogP contribution in [0.2, 0.25) is 0 Å². The van der Waals surface area contributed by atoms with E-state index in [2.05, 4.69) is 6.92 Å². The Morgan fingerprint density at radius 1 is 0.909 bits per heavy atom. The second-order valence-electron chi connectivity index (χ2n) is 5.29. The molecule has 0 amide bonds. The summed E-state index contributed by atoms with van der Waals surface area (Å²) < 4.78 is 25.7. The molecule has 0 aromatic heterocycles. The van der Waals surface area contributed by atoms with Gasteiger partial charge in [-0.3, -0.25) is 0 Å². The minimum absolute atomic E-state index is 0.369. The number of sulfone groups is 1. The lowest BCUT2D eigenvalue weighted by Gasteiger charge is -2.10. The predicted octanol–water partition coefficient (Wildman–Crippen LogP) is 5.08. The van der Waals surface area contributed by atoms with E-state index in [1.807, 2.05) is 36.4 Å². The van der Waals surface area contributed by atoms with Crippen LogP contribution in [0.5, 0.6) is 0 Å². The molecule has 116 valence electrons. The molecule has 0 unspecified atom stereocenters. The van der Waals surface area contributed by atoms with E-state index >= 15 is 0 Å². The molecule has 2 nitrogen and oxygen atoms in total. The van der Waals surface area contributed by atoms with Crippen molar-refractivity contribution in [2.24, 2.45) is 0 Å². The van der Waals surface area contributed by atoms with Crippen LogP contribution < -0.4 is 0 Å². The van der Waals surface area contributed by atoms with Gasteiger partial charge in [0.15, 0.2) is 0 Å². The first-order chi connectivity index (χ1) is 10.6. The highest BCUT2D eigenvalue weighted by atomic mass is 32.2. The smallest absolute Gasteiger partial charge is 0.202 e. The third-order valence-electron chi connectivity index (χ3n) is 3.55. The lowest BCUT2D eigenvalue weighted by atomic mass is 10.1. The van der Waals surface area contributed by atoms with Gasteiger partial charge < -0.3 is 0 Å². The van der Waals surface area contributed by atoms with Gasteiger partial charge in [-0.1, -0.05) is 68.3 Å². The maximum Gasteiger partial charge on any atom is 0.202 e. The van der Waals surface area contributed by atoms with Gasteiger partial charge in [0.25, 0.3) is 0 Å². The monoisotopic (exact) mass is 314 g/mol. The van der Waals surface area contributed by atoms with E-state index in [0.717, 1.165) is 24.8 Å². The summed E-state index contributed by atoms with van der Waals surface area (Å²) in [5, 5.41) is 0. The Morgan fingerprint density at radius 2 is 1.50 bits per heavy atom. The van der Waals surface area contributed by atoms with Crippen molar-refractivity contribution in [2.45, 2.75) is 37.5 Å². The van der Waals surface area contributed by atoms with E-state index in [1.54, 1.807) is 30.3 Å². The van der Waals surface area contributed by atoms with Gasteiger partial charge in [-0.15, -0.1) is 0 Å². The van der Waals surface area contributed by atoms with Crippen molar-refractivity contribution in [3.63, 3.8) is 0 Å². The van der Waals surface area contributed by atoms with E-state index in [4.69, 9.17) is 0 Å². The number of allylic oxidation sites excluding steroid dienone is 1. The van der Waals surface area contributed by atoms with Crippen molar-refractivity contribution in [3.8, 4) is 0 Å². The third kappa shape index (κ3) is 4.31. The molecule has 0 aliphatic carbocycles. The van der Waals surface area contributed by atoms with Gasteiger partial charge in [-0.25, -0.2) is 8.42 Å². The van der Waals surface area contributed by atoms with Gasteiger partial charge in [-0.05, 0) is 36.6 Å². The molecule has 0 fully saturated rings. The Morgan fingerprint density at radius 3 is 2.09 bits per heavy atom. The Hall–Kier alpha value is -1.87. The van der Waals surface area contributed by atoms with Crippen molar-refractivity contribution in [1.82, 2.24) is 0 Å². The normalized spacial score (nSPS) is 12.3. The second-order valence-corrected chi connectivity index (χ2v) is 7.30. The summed E-state index contributed by atoms with van der Waals surface area (Å²) >= 11 is 0. The lowest BCUT2D eigenvalue weighted by molar-refractivity contribution is 0.598. The minimum Gasteiger partial charge on any atom is -0.219 e. The number of hydrogen-bond acceptors (Lipinski definition) is 2. The van der Waals surface area contributed by atoms with Crippen molar-refractivity contribution in [3.05, 3.63) is 71.1 Å². The van der Waals surface area contributed by atoms with Crippen LogP contribution in [-0.4, -0.2) is 8.42 Å².